The van der Waals surface area contributed by atoms with Gasteiger partial charge in [-0.3, -0.25) is 0 Å². The molecular formula is C12H5Cl3N2. The Balaban J connectivity index is 2.65. The van der Waals surface area contributed by atoms with Crippen molar-refractivity contribution in [2.75, 3.05) is 0 Å². The van der Waals surface area contributed by atoms with Gasteiger partial charge >= 0.3 is 0 Å². The van der Waals surface area contributed by atoms with Gasteiger partial charge in [-0.2, -0.15) is 0 Å². The van der Waals surface area contributed by atoms with Crippen molar-refractivity contribution >= 4 is 40.5 Å². The Morgan fingerprint density at radius 3 is 2.47 bits per heavy atom. The Hall–Kier alpha value is -1.27. The molecule has 5 heteroatoms. The number of pyridine rings is 1. The minimum absolute atomic E-state index is 0.282. The summed E-state index contributed by atoms with van der Waals surface area (Å²) in [7, 11) is 0. The first-order chi connectivity index (χ1) is 8.11. The van der Waals surface area contributed by atoms with Crippen LogP contribution in [0.5, 0.6) is 0 Å². The van der Waals surface area contributed by atoms with Crippen LogP contribution in [0.2, 0.25) is 15.2 Å². The van der Waals surface area contributed by atoms with E-state index >= 15 is 0 Å². The summed E-state index contributed by atoms with van der Waals surface area (Å²) < 4.78 is 0. The van der Waals surface area contributed by atoms with E-state index in [0.29, 0.717) is 26.9 Å². The zero-order valence-corrected chi connectivity index (χ0v) is 10.7. The van der Waals surface area contributed by atoms with Crippen LogP contribution in [0.15, 0.2) is 30.5 Å². The molecule has 0 aliphatic carbocycles. The first-order valence-electron chi connectivity index (χ1n) is 4.60. The topological polar surface area (TPSA) is 17.2 Å². The van der Waals surface area contributed by atoms with E-state index in [1.165, 1.54) is 12.3 Å². The van der Waals surface area contributed by atoms with E-state index in [1.54, 1.807) is 18.2 Å². The third-order valence-corrected chi connectivity index (χ3v) is 2.95. The highest BCUT2D eigenvalue weighted by atomic mass is 35.5. The minimum Gasteiger partial charge on any atom is -0.247 e. The van der Waals surface area contributed by atoms with E-state index < -0.39 is 0 Å². The van der Waals surface area contributed by atoms with Gasteiger partial charge in [0.15, 0.2) is 5.69 Å². The fourth-order valence-corrected chi connectivity index (χ4v) is 2.09. The monoisotopic (exact) mass is 282 g/mol. The minimum atomic E-state index is 0.282. The molecule has 17 heavy (non-hydrogen) atoms. The number of rotatable bonds is 1. The Kier molecular flexibility index (Phi) is 3.54. The molecule has 1 heterocycles. The van der Waals surface area contributed by atoms with Gasteiger partial charge < -0.3 is 0 Å². The fraction of sp³-hybridized carbons (Fsp3) is 0. The third kappa shape index (κ3) is 2.53. The van der Waals surface area contributed by atoms with Crippen LogP contribution in [0.3, 0.4) is 0 Å². The summed E-state index contributed by atoms with van der Waals surface area (Å²) in [6, 6.07) is 6.60. The van der Waals surface area contributed by atoms with Gasteiger partial charge in [-0.15, -0.1) is 0 Å². The Bertz CT molecular complexity index is 618. The first-order valence-corrected chi connectivity index (χ1v) is 5.73. The lowest BCUT2D eigenvalue weighted by molar-refractivity contribution is 1.33. The van der Waals surface area contributed by atoms with Crippen LogP contribution in [0.25, 0.3) is 16.0 Å². The quantitative estimate of drug-likeness (QED) is 0.515. The second-order valence-electron chi connectivity index (χ2n) is 3.26. The molecule has 0 aliphatic rings. The number of hydrogen-bond donors (Lipinski definition) is 0. The van der Waals surface area contributed by atoms with Crippen LogP contribution in [-0.4, -0.2) is 4.98 Å². The van der Waals surface area contributed by atoms with Crippen molar-refractivity contribution in [3.63, 3.8) is 0 Å². The van der Waals surface area contributed by atoms with Crippen LogP contribution in [-0.2, 0) is 0 Å². The normalized spacial score (nSPS) is 10.0. The van der Waals surface area contributed by atoms with Crippen molar-refractivity contribution in [2.45, 2.75) is 0 Å². The fourth-order valence-electron chi connectivity index (χ4n) is 1.43. The van der Waals surface area contributed by atoms with Gasteiger partial charge in [0.05, 0.1) is 6.57 Å². The van der Waals surface area contributed by atoms with Crippen LogP contribution in [0, 0.1) is 6.57 Å². The van der Waals surface area contributed by atoms with Crippen molar-refractivity contribution in [1.82, 2.24) is 4.98 Å². The maximum absolute atomic E-state index is 7.11. The molecule has 2 aromatic rings. The van der Waals surface area contributed by atoms with Crippen molar-refractivity contribution in [3.8, 4) is 11.1 Å². The largest absolute Gasteiger partial charge is 0.247 e. The first kappa shape index (κ1) is 12.2. The Morgan fingerprint density at radius 1 is 1.06 bits per heavy atom. The van der Waals surface area contributed by atoms with Crippen molar-refractivity contribution in [2.24, 2.45) is 0 Å². The standard InChI is InChI=1S/C12H5Cl3N2/c1-16-11-5-12(15)17-6-9(11)8-3-2-7(13)4-10(8)14/h2-6H. The molecule has 2 rings (SSSR count). The van der Waals surface area contributed by atoms with E-state index in [9.17, 15) is 0 Å². The van der Waals surface area contributed by atoms with Crippen molar-refractivity contribution in [3.05, 3.63) is 57.1 Å². The Morgan fingerprint density at radius 2 is 1.82 bits per heavy atom. The summed E-state index contributed by atoms with van der Waals surface area (Å²) >= 11 is 17.6. The predicted molar refractivity (Wildman–Crippen MR) is 71.0 cm³/mol. The maximum Gasteiger partial charge on any atom is 0.199 e. The zero-order chi connectivity index (χ0) is 12.4. The smallest absolute Gasteiger partial charge is 0.199 e. The molecule has 1 aromatic carbocycles. The SMILES string of the molecule is [C-]#[N+]c1cc(Cl)ncc1-c1ccc(Cl)cc1Cl. The number of aromatic nitrogens is 1. The van der Waals surface area contributed by atoms with Crippen LogP contribution < -0.4 is 0 Å². The average molecular weight is 284 g/mol. The van der Waals surface area contributed by atoms with Gasteiger partial charge in [0, 0.05) is 21.8 Å². The predicted octanol–water partition coefficient (Wildman–Crippen LogP) is 5.26. The summed E-state index contributed by atoms with van der Waals surface area (Å²) in [6.45, 7) is 7.11. The number of nitrogens with zero attached hydrogens (tertiary/aromatic N) is 2. The lowest BCUT2D eigenvalue weighted by Crippen LogP contribution is -1.83. The second-order valence-corrected chi connectivity index (χ2v) is 4.49. The average Bonchev–Trinajstić information content (AvgIpc) is 2.30. The second kappa shape index (κ2) is 4.93. The molecule has 0 amide bonds. The summed E-state index contributed by atoms with van der Waals surface area (Å²) in [5.74, 6) is 0. The molecule has 0 unspecified atom stereocenters. The molecule has 0 aliphatic heterocycles. The molecule has 0 spiro atoms. The van der Waals surface area contributed by atoms with Gasteiger partial charge in [-0.05, 0) is 23.8 Å². The summed E-state index contributed by atoms with van der Waals surface area (Å²) in [5.41, 5.74) is 1.77. The molecule has 0 N–H and O–H groups in total. The molecule has 0 saturated carbocycles. The highest BCUT2D eigenvalue weighted by molar-refractivity contribution is 6.36. The van der Waals surface area contributed by atoms with Gasteiger partial charge in [-0.25, -0.2) is 9.83 Å². The van der Waals surface area contributed by atoms with E-state index in [1.807, 2.05) is 0 Å². The highest BCUT2D eigenvalue weighted by Crippen LogP contribution is 2.36. The molecule has 0 bridgehead atoms. The molecule has 2 nitrogen and oxygen atoms in total. The number of hydrogen-bond acceptors (Lipinski definition) is 1. The molecule has 0 atom stereocenters. The third-order valence-electron chi connectivity index (χ3n) is 2.19. The highest BCUT2D eigenvalue weighted by Gasteiger charge is 2.10. The van der Waals surface area contributed by atoms with Crippen molar-refractivity contribution in [1.29, 1.82) is 0 Å². The molecule has 0 fully saturated rings. The van der Waals surface area contributed by atoms with Gasteiger partial charge in [0.2, 0.25) is 0 Å². The van der Waals surface area contributed by atoms with E-state index in [-0.39, 0.29) is 5.15 Å². The number of halogens is 3. The lowest BCUT2D eigenvalue weighted by Gasteiger charge is -2.06. The zero-order valence-electron chi connectivity index (χ0n) is 8.42. The summed E-state index contributed by atoms with van der Waals surface area (Å²) in [4.78, 5) is 7.36. The van der Waals surface area contributed by atoms with Gasteiger partial charge in [0.25, 0.3) is 0 Å². The summed E-state index contributed by atoms with van der Waals surface area (Å²) in [6.07, 6.45) is 1.53. The molecule has 0 saturated heterocycles. The van der Waals surface area contributed by atoms with Crippen molar-refractivity contribution < 1.29 is 0 Å². The van der Waals surface area contributed by atoms with Crippen LogP contribution >= 0.6 is 34.8 Å². The van der Waals surface area contributed by atoms with Crippen LogP contribution in [0.1, 0.15) is 0 Å². The molecule has 0 radical (unpaired) electrons. The van der Waals surface area contributed by atoms with E-state index in [2.05, 4.69) is 9.83 Å². The van der Waals surface area contributed by atoms with E-state index in [4.69, 9.17) is 41.4 Å². The lowest BCUT2D eigenvalue weighted by atomic mass is 10.1. The molecule has 84 valence electrons. The molecular weight excluding hydrogens is 279 g/mol. The van der Waals surface area contributed by atoms with Gasteiger partial charge in [-0.1, -0.05) is 40.9 Å². The Labute approximate surface area is 114 Å². The number of benzene rings is 1. The van der Waals surface area contributed by atoms with E-state index in [0.717, 1.165) is 0 Å². The van der Waals surface area contributed by atoms with Crippen LogP contribution in [0.4, 0.5) is 5.69 Å². The summed E-state index contributed by atoms with van der Waals surface area (Å²) in [5, 5.41) is 1.31. The van der Waals surface area contributed by atoms with Gasteiger partial charge in [0.1, 0.15) is 5.15 Å². The maximum atomic E-state index is 7.11. The molecule has 1 aromatic heterocycles.